The van der Waals surface area contributed by atoms with Gasteiger partial charge in [-0.3, -0.25) is 0 Å². The lowest BCUT2D eigenvalue weighted by atomic mass is 9.98. The first kappa shape index (κ1) is 29.7. The third-order valence-corrected chi connectivity index (χ3v) is 8.67. The average molecular weight is 515 g/mol. The highest BCUT2D eigenvalue weighted by atomic mass is 32.2. The van der Waals surface area contributed by atoms with Crippen molar-refractivity contribution in [2.24, 2.45) is 5.92 Å². The number of aliphatic hydroxyl groups excluding tert-OH is 1. The van der Waals surface area contributed by atoms with E-state index >= 15 is 0 Å². The van der Waals surface area contributed by atoms with Crippen molar-refractivity contribution in [3.05, 3.63) is 76.9 Å². The molecule has 0 bridgehead atoms. The fourth-order valence-corrected chi connectivity index (χ4v) is 6.36. The fourth-order valence-electron chi connectivity index (χ4n) is 4.42. The molecule has 2 atom stereocenters. The second kappa shape index (κ2) is 13.7. The van der Waals surface area contributed by atoms with E-state index in [0.717, 1.165) is 29.0 Å². The van der Waals surface area contributed by atoms with Crippen molar-refractivity contribution >= 4 is 9.84 Å². The third-order valence-electron chi connectivity index (χ3n) is 6.39. The van der Waals surface area contributed by atoms with Crippen molar-refractivity contribution in [3.8, 4) is 11.5 Å². The van der Waals surface area contributed by atoms with Gasteiger partial charge in [-0.1, -0.05) is 55.3 Å². The van der Waals surface area contributed by atoms with Crippen molar-refractivity contribution in [3.63, 3.8) is 0 Å². The van der Waals surface area contributed by atoms with E-state index in [2.05, 4.69) is 13.0 Å². The molecule has 2 rings (SSSR count). The molecule has 0 aliphatic rings. The summed E-state index contributed by atoms with van der Waals surface area (Å²) in [4.78, 5) is 0.240. The van der Waals surface area contributed by atoms with Gasteiger partial charge in [0, 0.05) is 5.56 Å². The zero-order chi connectivity index (χ0) is 26.9. The molecule has 1 N–H and O–H groups in total. The molecular weight excluding hydrogens is 472 g/mol. The molecule has 36 heavy (non-hydrogen) atoms. The van der Waals surface area contributed by atoms with Crippen LogP contribution in [0.3, 0.4) is 0 Å². The molecule has 0 heterocycles. The van der Waals surface area contributed by atoms with Crippen LogP contribution in [-0.4, -0.2) is 39.1 Å². The summed E-state index contributed by atoms with van der Waals surface area (Å²) < 4.78 is 37.9. The third kappa shape index (κ3) is 7.97. The van der Waals surface area contributed by atoms with E-state index in [1.54, 1.807) is 44.6 Å². The van der Waals surface area contributed by atoms with E-state index in [4.69, 9.17) is 9.47 Å². The lowest BCUT2D eigenvalue weighted by molar-refractivity contribution is 0.151. The molecule has 198 valence electrons. The van der Waals surface area contributed by atoms with Crippen LogP contribution in [0.4, 0.5) is 0 Å². The van der Waals surface area contributed by atoms with Gasteiger partial charge in [0.2, 0.25) is 0 Å². The second-order valence-electron chi connectivity index (χ2n) is 9.85. The summed E-state index contributed by atoms with van der Waals surface area (Å²) in [5.41, 5.74) is 3.96. The minimum absolute atomic E-state index is 0.184. The fraction of sp³-hybridized carbons (Fsp3) is 0.467. The van der Waals surface area contributed by atoms with Gasteiger partial charge < -0.3 is 14.6 Å². The monoisotopic (exact) mass is 514 g/mol. The van der Waals surface area contributed by atoms with Crippen LogP contribution in [0, 0.1) is 12.8 Å². The van der Waals surface area contributed by atoms with Crippen LogP contribution in [0.1, 0.15) is 58.1 Å². The largest absolute Gasteiger partial charge is 0.496 e. The predicted octanol–water partition coefficient (Wildman–Crippen LogP) is 6.48. The zero-order valence-corrected chi connectivity index (χ0v) is 23.6. The summed E-state index contributed by atoms with van der Waals surface area (Å²) in [6.45, 7) is 9.86. The number of ether oxygens (including phenoxy) is 2. The minimum Gasteiger partial charge on any atom is -0.496 e. The summed E-state index contributed by atoms with van der Waals surface area (Å²) in [7, 11) is -0.385. The van der Waals surface area contributed by atoms with E-state index in [9.17, 15) is 13.5 Å². The van der Waals surface area contributed by atoms with Crippen molar-refractivity contribution in [1.29, 1.82) is 0 Å². The van der Waals surface area contributed by atoms with Gasteiger partial charge in [0.25, 0.3) is 0 Å². The molecule has 2 aromatic carbocycles. The summed E-state index contributed by atoms with van der Waals surface area (Å²) in [5, 5.41) is 9.96. The second-order valence-corrected chi connectivity index (χ2v) is 11.9. The quantitative estimate of drug-likeness (QED) is 0.310. The molecule has 2 unspecified atom stereocenters. The van der Waals surface area contributed by atoms with Crippen molar-refractivity contribution in [2.75, 3.05) is 14.2 Å². The highest BCUT2D eigenvalue weighted by Gasteiger charge is 2.35. The Balaban J connectivity index is 2.18. The average Bonchev–Trinajstić information content (AvgIpc) is 2.82. The molecule has 2 aromatic rings. The summed E-state index contributed by atoms with van der Waals surface area (Å²) >= 11 is 0. The maximum absolute atomic E-state index is 13.5. The molecule has 0 spiro atoms. The smallest absolute Gasteiger partial charge is 0.187 e. The number of methoxy groups -OCH3 is 2. The highest BCUT2D eigenvalue weighted by molar-refractivity contribution is 7.92. The van der Waals surface area contributed by atoms with Crippen LogP contribution < -0.4 is 9.47 Å². The number of sulfone groups is 1. The number of aliphatic hydroxyl groups is 1. The van der Waals surface area contributed by atoms with Crippen LogP contribution in [0.15, 0.2) is 70.7 Å². The lowest BCUT2D eigenvalue weighted by Gasteiger charge is -2.25. The van der Waals surface area contributed by atoms with Gasteiger partial charge in [-0.2, -0.15) is 0 Å². The number of aryl methyl sites for hydroxylation is 1. The Hall–Kier alpha value is -2.57. The normalized spacial score (nSPS) is 14.6. The van der Waals surface area contributed by atoms with E-state index in [-0.39, 0.29) is 10.8 Å². The summed E-state index contributed by atoms with van der Waals surface area (Å²) in [5.74, 6) is 1.85. The number of hydrogen-bond acceptors (Lipinski definition) is 5. The topological polar surface area (TPSA) is 72.8 Å². The molecular formula is C30H42O5S. The molecule has 0 amide bonds. The standard InChI is InChI=1S/C30H42O5S/c1-21(2)18-27(31)30(36(32,33)26-14-9-8-10-15-26)23(4)13-11-12-22(3)16-17-25-20-28(34-6)24(5)19-29(25)35-7/h8-10,13-16,19-21,27,30-31H,11-12,17-18H2,1-7H3/b22-16+,23-13+. The van der Waals surface area contributed by atoms with Crippen molar-refractivity contribution < 1.29 is 23.0 Å². The summed E-state index contributed by atoms with van der Waals surface area (Å²) in [6, 6.07) is 12.4. The van der Waals surface area contributed by atoms with E-state index in [1.165, 1.54) is 5.57 Å². The maximum Gasteiger partial charge on any atom is 0.187 e. The predicted molar refractivity (Wildman–Crippen MR) is 148 cm³/mol. The first-order valence-electron chi connectivity index (χ1n) is 12.5. The first-order valence-corrected chi connectivity index (χ1v) is 14.1. The van der Waals surface area contributed by atoms with Crippen molar-refractivity contribution in [1.82, 2.24) is 0 Å². The molecule has 0 aromatic heterocycles. The Morgan fingerprint density at radius 3 is 2.22 bits per heavy atom. The molecule has 0 fully saturated rings. The van der Waals surface area contributed by atoms with Crippen LogP contribution in [0.2, 0.25) is 0 Å². The van der Waals surface area contributed by atoms with Gasteiger partial charge >= 0.3 is 0 Å². The molecule has 0 saturated heterocycles. The minimum atomic E-state index is -3.72. The van der Waals surface area contributed by atoms with Gasteiger partial charge in [-0.25, -0.2) is 8.42 Å². The maximum atomic E-state index is 13.5. The Morgan fingerprint density at radius 1 is 1.00 bits per heavy atom. The lowest BCUT2D eigenvalue weighted by Crippen LogP contribution is -2.36. The van der Waals surface area contributed by atoms with Crippen LogP contribution in [-0.2, 0) is 16.3 Å². The highest BCUT2D eigenvalue weighted by Crippen LogP contribution is 2.30. The van der Waals surface area contributed by atoms with Gasteiger partial charge in [0.05, 0.1) is 25.2 Å². The van der Waals surface area contributed by atoms with E-state index in [0.29, 0.717) is 24.8 Å². The molecule has 0 saturated carbocycles. The number of rotatable bonds is 13. The molecule has 0 radical (unpaired) electrons. The van der Waals surface area contributed by atoms with Gasteiger partial charge in [-0.15, -0.1) is 0 Å². The van der Waals surface area contributed by atoms with Crippen LogP contribution in [0.25, 0.3) is 0 Å². The molecule has 6 heteroatoms. The SMILES string of the molecule is COc1cc(C/C=C(\C)CC/C=C(\C)C(C(O)CC(C)C)S(=O)(=O)c2ccccc2)c(OC)cc1C. The Bertz CT molecular complexity index is 1150. The zero-order valence-electron chi connectivity index (χ0n) is 22.7. The van der Waals surface area contributed by atoms with Gasteiger partial charge in [0.1, 0.15) is 16.7 Å². The number of benzene rings is 2. The van der Waals surface area contributed by atoms with Crippen molar-refractivity contribution in [2.45, 2.75) is 76.6 Å². The summed E-state index contributed by atoms with van der Waals surface area (Å²) in [6.07, 6.45) is 5.78. The Morgan fingerprint density at radius 2 is 1.64 bits per heavy atom. The van der Waals surface area contributed by atoms with Crippen LogP contribution >= 0.6 is 0 Å². The number of allylic oxidation sites excluding steroid dienone is 3. The van der Waals surface area contributed by atoms with Crippen LogP contribution in [0.5, 0.6) is 11.5 Å². The molecule has 5 nitrogen and oxygen atoms in total. The number of hydrogen-bond donors (Lipinski definition) is 1. The van der Waals surface area contributed by atoms with Gasteiger partial charge in [0.15, 0.2) is 9.84 Å². The Kier molecular flexibility index (Phi) is 11.3. The van der Waals surface area contributed by atoms with Gasteiger partial charge in [-0.05, 0) is 82.2 Å². The first-order chi connectivity index (χ1) is 17.0. The van der Waals surface area contributed by atoms with E-state index in [1.807, 2.05) is 45.9 Å². The van der Waals surface area contributed by atoms with E-state index < -0.39 is 21.2 Å². The molecule has 0 aliphatic heterocycles. The Labute approximate surface area is 217 Å². The molecule has 0 aliphatic carbocycles.